The number of ether oxygens (including phenoxy) is 2. The van der Waals surface area contributed by atoms with Gasteiger partial charge in [0.2, 0.25) is 5.76 Å². The lowest BCUT2D eigenvalue weighted by Crippen LogP contribution is -2.22. The zero-order valence-corrected chi connectivity index (χ0v) is 14.3. The van der Waals surface area contributed by atoms with Gasteiger partial charge in [0.05, 0.1) is 17.9 Å². The molecule has 7 nitrogen and oxygen atoms in total. The number of amides is 1. The number of esters is 2. The van der Waals surface area contributed by atoms with Crippen LogP contribution in [0.15, 0.2) is 45.5 Å². The lowest BCUT2D eigenvalue weighted by molar-refractivity contribution is -0.119. The van der Waals surface area contributed by atoms with E-state index in [1.54, 1.807) is 25.1 Å². The number of halogens is 1. The van der Waals surface area contributed by atoms with Gasteiger partial charge in [0.25, 0.3) is 5.91 Å². The molecule has 1 N–H and O–H groups in total. The molecule has 1 amide bonds. The molecule has 0 saturated heterocycles. The third-order valence-electron chi connectivity index (χ3n) is 2.81. The van der Waals surface area contributed by atoms with Crippen molar-refractivity contribution in [1.82, 2.24) is 0 Å². The second-order valence-electron chi connectivity index (χ2n) is 4.49. The van der Waals surface area contributed by atoms with Crippen LogP contribution in [0.1, 0.15) is 27.8 Å². The van der Waals surface area contributed by atoms with E-state index in [-0.39, 0.29) is 23.6 Å². The van der Waals surface area contributed by atoms with E-state index in [0.717, 1.165) is 0 Å². The van der Waals surface area contributed by atoms with Gasteiger partial charge in [-0.1, -0.05) is 12.1 Å². The summed E-state index contributed by atoms with van der Waals surface area (Å²) in [5.41, 5.74) is 0.492. The van der Waals surface area contributed by atoms with Crippen molar-refractivity contribution in [2.24, 2.45) is 0 Å². The minimum atomic E-state index is -0.769. The molecule has 2 aromatic rings. The zero-order chi connectivity index (χ0) is 17.5. The first-order valence-corrected chi connectivity index (χ1v) is 7.79. The van der Waals surface area contributed by atoms with Gasteiger partial charge >= 0.3 is 11.9 Å². The zero-order valence-electron chi connectivity index (χ0n) is 12.7. The van der Waals surface area contributed by atoms with Gasteiger partial charge in [-0.15, -0.1) is 0 Å². The van der Waals surface area contributed by atoms with Crippen LogP contribution in [0.4, 0.5) is 5.69 Å². The Morgan fingerprint density at radius 1 is 1.08 bits per heavy atom. The van der Waals surface area contributed by atoms with E-state index in [4.69, 9.17) is 13.9 Å². The minimum Gasteiger partial charge on any atom is -0.462 e. The Balaban J connectivity index is 1.95. The number of benzene rings is 1. The summed E-state index contributed by atoms with van der Waals surface area (Å²) in [6.45, 7) is 1.39. The molecule has 0 saturated carbocycles. The average Bonchev–Trinajstić information content (AvgIpc) is 3.00. The molecule has 0 fully saturated rings. The van der Waals surface area contributed by atoms with Gasteiger partial charge in [0.1, 0.15) is 0 Å². The maximum absolute atomic E-state index is 11.9. The van der Waals surface area contributed by atoms with Gasteiger partial charge in [-0.25, -0.2) is 9.59 Å². The molecule has 0 spiro atoms. The van der Waals surface area contributed by atoms with Gasteiger partial charge in [-0.05, 0) is 47.1 Å². The maximum atomic E-state index is 11.9. The Morgan fingerprint density at radius 2 is 1.83 bits per heavy atom. The van der Waals surface area contributed by atoms with E-state index in [1.807, 2.05) is 0 Å². The molecule has 0 bridgehead atoms. The van der Waals surface area contributed by atoms with E-state index in [2.05, 4.69) is 21.2 Å². The van der Waals surface area contributed by atoms with Crippen molar-refractivity contribution in [1.29, 1.82) is 0 Å². The fraction of sp³-hybridized carbons (Fsp3) is 0.188. The number of anilines is 1. The number of hydrogen-bond donors (Lipinski definition) is 1. The monoisotopic (exact) mass is 395 g/mol. The molecule has 1 aromatic heterocycles. The molecule has 8 heteroatoms. The van der Waals surface area contributed by atoms with Gasteiger partial charge in [-0.2, -0.15) is 0 Å². The summed E-state index contributed by atoms with van der Waals surface area (Å²) < 4.78 is 15.2. The van der Waals surface area contributed by atoms with Crippen LogP contribution in [-0.4, -0.2) is 31.1 Å². The number of nitrogens with one attached hydrogen (secondary N) is 1. The summed E-state index contributed by atoms with van der Waals surface area (Å²) in [6.07, 6.45) is 0. The third kappa shape index (κ3) is 4.69. The number of furan rings is 1. The number of carbonyl (C=O) groups excluding carboxylic acids is 3. The van der Waals surface area contributed by atoms with Gasteiger partial charge in [-0.3, -0.25) is 4.79 Å². The molecule has 1 heterocycles. The maximum Gasteiger partial charge on any atom is 0.374 e. The number of rotatable bonds is 6. The summed E-state index contributed by atoms with van der Waals surface area (Å²) in [5.74, 6) is -1.94. The quantitative estimate of drug-likeness (QED) is 0.755. The number of hydrogen-bond acceptors (Lipinski definition) is 6. The van der Waals surface area contributed by atoms with Crippen LogP contribution in [0, 0.1) is 0 Å². The molecule has 126 valence electrons. The second kappa shape index (κ2) is 8.30. The lowest BCUT2D eigenvalue weighted by atomic mass is 10.2. The topological polar surface area (TPSA) is 94.8 Å². The molecule has 0 aliphatic rings. The first-order valence-electron chi connectivity index (χ1n) is 6.99. The van der Waals surface area contributed by atoms with Crippen molar-refractivity contribution in [3.63, 3.8) is 0 Å². The van der Waals surface area contributed by atoms with Crippen molar-refractivity contribution < 1.29 is 28.3 Å². The molecule has 0 atom stereocenters. The molecular formula is C16H14BrNO6. The Morgan fingerprint density at radius 3 is 2.50 bits per heavy atom. The van der Waals surface area contributed by atoms with E-state index < -0.39 is 24.5 Å². The van der Waals surface area contributed by atoms with Gasteiger partial charge in [0, 0.05) is 0 Å². The summed E-state index contributed by atoms with van der Waals surface area (Å²) in [6, 6.07) is 9.34. The molecule has 0 unspecified atom stereocenters. The number of para-hydroxylation sites is 1. The van der Waals surface area contributed by atoms with Crippen molar-refractivity contribution in [2.45, 2.75) is 6.92 Å². The molecule has 0 radical (unpaired) electrons. The van der Waals surface area contributed by atoms with Crippen LogP contribution in [-0.2, 0) is 14.3 Å². The molecule has 2 rings (SSSR count). The van der Waals surface area contributed by atoms with Crippen molar-refractivity contribution in [3.8, 4) is 0 Å². The summed E-state index contributed by atoms with van der Waals surface area (Å²) >= 11 is 3.06. The van der Waals surface area contributed by atoms with Crippen LogP contribution >= 0.6 is 15.9 Å². The Kier molecular flexibility index (Phi) is 6.14. The van der Waals surface area contributed by atoms with Crippen LogP contribution in [0.2, 0.25) is 0 Å². The summed E-state index contributed by atoms with van der Waals surface area (Å²) in [7, 11) is 0. The number of carbonyl (C=O) groups is 3. The van der Waals surface area contributed by atoms with Crippen molar-refractivity contribution in [2.75, 3.05) is 18.5 Å². The fourth-order valence-electron chi connectivity index (χ4n) is 1.79. The van der Waals surface area contributed by atoms with Crippen LogP contribution in [0.5, 0.6) is 0 Å². The normalized spacial score (nSPS) is 10.1. The van der Waals surface area contributed by atoms with Crippen molar-refractivity contribution in [3.05, 3.63) is 52.4 Å². The first-order chi connectivity index (χ1) is 11.5. The van der Waals surface area contributed by atoms with Crippen LogP contribution < -0.4 is 5.32 Å². The van der Waals surface area contributed by atoms with Crippen LogP contribution in [0.3, 0.4) is 0 Å². The highest BCUT2D eigenvalue weighted by Gasteiger charge is 2.16. The Labute approximate surface area is 146 Å². The largest absolute Gasteiger partial charge is 0.462 e. The van der Waals surface area contributed by atoms with E-state index in [1.165, 1.54) is 18.2 Å². The molecular weight excluding hydrogens is 382 g/mol. The molecule has 0 aliphatic heterocycles. The van der Waals surface area contributed by atoms with E-state index >= 15 is 0 Å². The standard InChI is InChI=1S/C16H14BrNO6/c1-2-22-15(20)10-5-3-4-6-11(10)18-14(19)9-23-16(21)12-7-8-13(17)24-12/h3-8H,2,9H2,1H3,(H,18,19). The van der Waals surface area contributed by atoms with Gasteiger partial charge < -0.3 is 19.2 Å². The van der Waals surface area contributed by atoms with Crippen LogP contribution in [0.25, 0.3) is 0 Å². The predicted octanol–water partition coefficient (Wildman–Crippen LogP) is 3.01. The second-order valence-corrected chi connectivity index (χ2v) is 5.28. The first kappa shape index (κ1) is 17.7. The fourth-order valence-corrected chi connectivity index (χ4v) is 2.10. The molecule has 24 heavy (non-hydrogen) atoms. The Bertz CT molecular complexity index is 755. The highest BCUT2D eigenvalue weighted by Crippen LogP contribution is 2.17. The van der Waals surface area contributed by atoms with E-state index in [0.29, 0.717) is 4.67 Å². The smallest absolute Gasteiger partial charge is 0.374 e. The Hall–Kier alpha value is -2.61. The lowest BCUT2D eigenvalue weighted by Gasteiger charge is -2.10. The van der Waals surface area contributed by atoms with Gasteiger partial charge in [0.15, 0.2) is 11.3 Å². The molecule has 1 aromatic carbocycles. The van der Waals surface area contributed by atoms with E-state index in [9.17, 15) is 14.4 Å². The minimum absolute atomic E-state index is 0.0263. The summed E-state index contributed by atoms with van der Waals surface area (Å²) in [5, 5.41) is 2.51. The third-order valence-corrected chi connectivity index (χ3v) is 3.23. The molecule has 0 aliphatic carbocycles. The van der Waals surface area contributed by atoms with Crippen molar-refractivity contribution >= 4 is 39.5 Å². The summed E-state index contributed by atoms with van der Waals surface area (Å²) in [4.78, 5) is 35.4. The predicted molar refractivity (Wildman–Crippen MR) is 87.7 cm³/mol. The highest BCUT2D eigenvalue weighted by atomic mass is 79.9. The average molecular weight is 396 g/mol. The SMILES string of the molecule is CCOC(=O)c1ccccc1NC(=O)COC(=O)c1ccc(Br)o1. The highest BCUT2D eigenvalue weighted by molar-refractivity contribution is 9.10.